The van der Waals surface area contributed by atoms with Crippen LogP contribution in [0.5, 0.6) is 5.88 Å². The quantitative estimate of drug-likeness (QED) is 0.682. The van der Waals surface area contributed by atoms with Crippen LogP contribution in [0.2, 0.25) is 0 Å². The van der Waals surface area contributed by atoms with E-state index in [-0.39, 0.29) is 11.9 Å². The van der Waals surface area contributed by atoms with Crippen molar-refractivity contribution in [3.63, 3.8) is 0 Å². The standard InChI is InChI=1S/C22H24N4O2/c1-4-28-21-12-11-19(25-26-21)17-7-9-18(10-8-17)22(27)24-16(3)14-20-15(2)6-5-13-23-20/h5-13,16H,4,14H2,1-3H3,(H,24,27). The van der Waals surface area contributed by atoms with Gasteiger partial charge in [0.25, 0.3) is 5.91 Å². The molecule has 2 aromatic heterocycles. The number of aromatic nitrogens is 3. The Hall–Kier alpha value is -3.28. The molecule has 0 aliphatic heterocycles. The van der Waals surface area contributed by atoms with Crippen molar-refractivity contribution in [3.8, 4) is 17.1 Å². The number of hydrogen-bond acceptors (Lipinski definition) is 5. The zero-order valence-electron chi connectivity index (χ0n) is 16.3. The number of amides is 1. The van der Waals surface area contributed by atoms with Crippen molar-refractivity contribution in [2.45, 2.75) is 33.2 Å². The van der Waals surface area contributed by atoms with Crippen LogP contribution < -0.4 is 10.1 Å². The Balaban J connectivity index is 1.62. The van der Waals surface area contributed by atoms with Gasteiger partial charge < -0.3 is 10.1 Å². The molecule has 1 aromatic carbocycles. The molecule has 0 saturated carbocycles. The number of ether oxygens (including phenoxy) is 1. The van der Waals surface area contributed by atoms with Gasteiger partial charge in [0, 0.05) is 41.5 Å². The van der Waals surface area contributed by atoms with Crippen LogP contribution in [0, 0.1) is 6.92 Å². The summed E-state index contributed by atoms with van der Waals surface area (Å²) in [6.07, 6.45) is 2.47. The number of nitrogens with one attached hydrogen (secondary N) is 1. The van der Waals surface area contributed by atoms with Crippen molar-refractivity contribution in [1.82, 2.24) is 20.5 Å². The number of hydrogen-bond donors (Lipinski definition) is 1. The van der Waals surface area contributed by atoms with E-state index in [1.54, 1.807) is 24.4 Å². The van der Waals surface area contributed by atoms with E-state index in [0.717, 1.165) is 22.5 Å². The van der Waals surface area contributed by atoms with Gasteiger partial charge in [-0.25, -0.2) is 0 Å². The Morgan fingerprint density at radius 2 is 1.89 bits per heavy atom. The van der Waals surface area contributed by atoms with Crippen LogP contribution in [0.4, 0.5) is 0 Å². The summed E-state index contributed by atoms with van der Waals surface area (Å²) in [7, 11) is 0. The number of nitrogens with zero attached hydrogens (tertiary/aromatic N) is 3. The van der Waals surface area contributed by atoms with E-state index in [1.807, 2.05) is 51.1 Å². The average Bonchev–Trinajstić information content (AvgIpc) is 2.71. The van der Waals surface area contributed by atoms with Crippen LogP contribution in [0.15, 0.2) is 54.7 Å². The number of carbonyl (C=O) groups excluding carboxylic acids is 1. The lowest BCUT2D eigenvalue weighted by molar-refractivity contribution is 0.0940. The molecule has 1 amide bonds. The van der Waals surface area contributed by atoms with Crippen LogP contribution in [-0.2, 0) is 6.42 Å². The summed E-state index contributed by atoms with van der Waals surface area (Å²) in [6.45, 7) is 6.46. The second-order valence-corrected chi connectivity index (χ2v) is 6.61. The van der Waals surface area contributed by atoms with Crippen LogP contribution >= 0.6 is 0 Å². The molecule has 0 radical (unpaired) electrons. The van der Waals surface area contributed by atoms with Gasteiger partial charge in [-0.05, 0) is 50.6 Å². The summed E-state index contributed by atoms with van der Waals surface area (Å²) < 4.78 is 5.30. The van der Waals surface area contributed by atoms with E-state index in [9.17, 15) is 4.79 Å². The maximum Gasteiger partial charge on any atom is 0.251 e. The molecule has 3 aromatic rings. The van der Waals surface area contributed by atoms with Crippen molar-refractivity contribution in [1.29, 1.82) is 0 Å². The van der Waals surface area contributed by atoms with Crippen LogP contribution in [-0.4, -0.2) is 33.7 Å². The summed E-state index contributed by atoms with van der Waals surface area (Å²) in [4.78, 5) is 16.9. The molecule has 0 aliphatic rings. The van der Waals surface area contributed by atoms with Crippen molar-refractivity contribution in [3.05, 3.63) is 71.5 Å². The fourth-order valence-corrected chi connectivity index (χ4v) is 2.87. The van der Waals surface area contributed by atoms with Crippen LogP contribution in [0.3, 0.4) is 0 Å². The number of carbonyl (C=O) groups is 1. The van der Waals surface area contributed by atoms with Crippen LogP contribution in [0.25, 0.3) is 11.3 Å². The minimum Gasteiger partial charge on any atom is -0.477 e. The van der Waals surface area contributed by atoms with E-state index in [4.69, 9.17) is 4.74 Å². The molecule has 28 heavy (non-hydrogen) atoms. The summed E-state index contributed by atoms with van der Waals surface area (Å²) in [5.41, 5.74) is 4.36. The lowest BCUT2D eigenvalue weighted by Crippen LogP contribution is -2.34. The first kappa shape index (κ1) is 19.5. The third kappa shape index (κ3) is 4.91. The SMILES string of the molecule is CCOc1ccc(-c2ccc(C(=O)NC(C)Cc3ncccc3C)cc2)nn1. The lowest BCUT2D eigenvalue weighted by Gasteiger charge is -2.15. The molecular weight excluding hydrogens is 352 g/mol. The van der Waals surface area contributed by atoms with Crippen molar-refractivity contribution in [2.75, 3.05) is 6.61 Å². The molecule has 3 rings (SSSR count). The summed E-state index contributed by atoms with van der Waals surface area (Å²) >= 11 is 0. The molecule has 0 fully saturated rings. The normalized spacial score (nSPS) is 11.7. The molecule has 0 spiro atoms. The molecule has 6 heteroatoms. The average molecular weight is 376 g/mol. The van der Waals surface area contributed by atoms with Crippen molar-refractivity contribution < 1.29 is 9.53 Å². The van der Waals surface area contributed by atoms with Crippen molar-refractivity contribution in [2.24, 2.45) is 0 Å². The van der Waals surface area contributed by atoms with Gasteiger partial charge >= 0.3 is 0 Å². The Bertz CT molecular complexity index is 924. The van der Waals surface area contributed by atoms with E-state index < -0.39 is 0 Å². The Kier molecular flexibility index (Phi) is 6.32. The van der Waals surface area contributed by atoms with Gasteiger partial charge in [0.2, 0.25) is 5.88 Å². The molecule has 0 saturated heterocycles. The predicted octanol–water partition coefficient (Wildman–Crippen LogP) is 3.61. The topological polar surface area (TPSA) is 77.0 Å². The van der Waals surface area contributed by atoms with Gasteiger partial charge in [-0.1, -0.05) is 18.2 Å². The first-order valence-corrected chi connectivity index (χ1v) is 9.35. The first-order valence-electron chi connectivity index (χ1n) is 9.35. The fourth-order valence-electron chi connectivity index (χ4n) is 2.87. The molecule has 1 atom stereocenters. The van der Waals surface area contributed by atoms with E-state index in [0.29, 0.717) is 24.5 Å². The molecule has 0 bridgehead atoms. The van der Waals surface area contributed by atoms with Crippen LogP contribution in [0.1, 0.15) is 35.5 Å². The molecule has 2 heterocycles. The highest BCUT2D eigenvalue weighted by atomic mass is 16.5. The third-order valence-corrected chi connectivity index (χ3v) is 4.37. The summed E-state index contributed by atoms with van der Waals surface area (Å²) in [5.74, 6) is 0.393. The zero-order chi connectivity index (χ0) is 19.9. The molecular formula is C22H24N4O2. The highest BCUT2D eigenvalue weighted by molar-refractivity contribution is 5.94. The molecule has 0 aliphatic carbocycles. The van der Waals surface area contributed by atoms with Crippen molar-refractivity contribution >= 4 is 5.91 Å². The maximum atomic E-state index is 12.5. The molecule has 1 unspecified atom stereocenters. The fraction of sp³-hybridized carbons (Fsp3) is 0.273. The minimum absolute atomic E-state index is 0.0160. The largest absolute Gasteiger partial charge is 0.477 e. The number of rotatable bonds is 7. The van der Waals surface area contributed by atoms with E-state index in [1.165, 1.54) is 0 Å². The van der Waals surface area contributed by atoms with E-state index >= 15 is 0 Å². The Labute approximate surface area is 165 Å². The van der Waals surface area contributed by atoms with Gasteiger partial charge in [-0.2, -0.15) is 0 Å². The van der Waals surface area contributed by atoms with Gasteiger partial charge in [-0.15, -0.1) is 10.2 Å². The highest BCUT2D eigenvalue weighted by Crippen LogP contribution is 2.18. The minimum atomic E-state index is -0.106. The Morgan fingerprint density at radius 3 is 2.54 bits per heavy atom. The molecule has 1 N–H and O–H groups in total. The smallest absolute Gasteiger partial charge is 0.251 e. The van der Waals surface area contributed by atoms with Gasteiger partial charge in [-0.3, -0.25) is 9.78 Å². The summed E-state index contributed by atoms with van der Waals surface area (Å²) in [6, 6.07) is 14.9. The van der Waals surface area contributed by atoms with E-state index in [2.05, 4.69) is 20.5 Å². The first-order chi connectivity index (χ1) is 13.6. The van der Waals surface area contributed by atoms with Gasteiger partial charge in [0.15, 0.2) is 0 Å². The maximum absolute atomic E-state index is 12.5. The summed E-state index contributed by atoms with van der Waals surface area (Å²) in [5, 5.41) is 11.2. The second-order valence-electron chi connectivity index (χ2n) is 6.61. The molecule has 6 nitrogen and oxygen atoms in total. The van der Waals surface area contributed by atoms with Gasteiger partial charge in [0.05, 0.1) is 12.3 Å². The molecule has 144 valence electrons. The second kappa shape index (κ2) is 9.08. The number of benzene rings is 1. The monoisotopic (exact) mass is 376 g/mol. The Morgan fingerprint density at radius 1 is 1.11 bits per heavy atom. The lowest BCUT2D eigenvalue weighted by atomic mass is 10.1. The predicted molar refractivity (Wildman–Crippen MR) is 108 cm³/mol. The highest BCUT2D eigenvalue weighted by Gasteiger charge is 2.12. The zero-order valence-corrected chi connectivity index (χ0v) is 16.3. The third-order valence-electron chi connectivity index (χ3n) is 4.37. The number of aryl methyl sites for hydroxylation is 1. The number of pyridine rings is 1. The van der Waals surface area contributed by atoms with Gasteiger partial charge in [0.1, 0.15) is 0 Å².